The van der Waals surface area contributed by atoms with E-state index in [-0.39, 0.29) is 11.8 Å². The van der Waals surface area contributed by atoms with Crippen LogP contribution in [0.15, 0.2) is 47.6 Å². The molecule has 0 aliphatic carbocycles. The summed E-state index contributed by atoms with van der Waals surface area (Å²) in [6.45, 7) is 2.12. The standard InChI is InChI=1S/C21H22ClN3O2/c1-24-9-7-21(8-10-24)25-19(17-12-15(22)5-6-20(17)27-21)13-18(23-25)14-3-2-4-16(26)11-14/h2-6,11-12,19,26H,7-10,13H2,1H3/p+1/t19-/m0/s1. The zero-order valence-corrected chi connectivity index (χ0v) is 16.0. The number of nitrogens with zero attached hydrogens (tertiary/aromatic N) is 2. The quantitative estimate of drug-likeness (QED) is 0.794. The van der Waals surface area contributed by atoms with Crippen molar-refractivity contribution in [2.45, 2.75) is 31.0 Å². The van der Waals surface area contributed by atoms with Gasteiger partial charge in [0.25, 0.3) is 0 Å². The molecule has 1 spiro atoms. The number of aromatic hydroxyl groups is 1. The number of quaternary nitrogens is 1. The van der Waals surface area contributed by atoms with Gasteiger partial charge >= 0.3 is 0 Å². The monoisotopic (exact) mass is 384 g/mol. The molecular weight excluding hydrogens is 362 g/mol. The minimum Gasteiger partial charge on any atom is -0.508 e. The molecule has 5 nitrogen and oxygen atoms in total. The maximum absolute atomic E-state index is 9.88. The highest BCUT2D eigenvalue weighted by atomic mass is 35.5. The number of likely N-dealkylation sites (tertiary alicyclic amines) is 1. The third-order valence-corrected chi connectivity index (χ3v) is 6.26. The number of hydrogen-bond donors (Lipinski definition) is 2. The Morgan fingerprint density at radius 3 is 2.81 bits per heavy atom. The molecule has 1 saturated heterocycles. The first-order valence-electron chi connectivity index (χ1n) is 9.50. The van der Waals surface area contributed by atoms with Crippen molar-refractivity contribution < 1.29 is 14.7 Å². The number of rotatable bonds is 1. The van der Waals surface area contributed by atoms with Crippen molar-refractivity contribution in [3.8, 4) is 11.5 Å². The van der Waals surface area contributed by atoms with Gasteiger partial charge in [-0.15, -0.1) is 0 Å². The van der Waals surface area contributed by atoms with E-state index in [9.17, 15) is 5.11 Å². The van der Waals surface area contributed by atoms with Crippen LogP contribution < -0.4 is 9.64 Å². The van der Waals surface area contributed by atoms with E-state index in [1.807, 2.05) is 30.3 Å². The number of piperidine rings is 1. The number of phenols is 1. The molecule has 2 aromatic rings. The predicted octanol–water partition coefficient (Wildman–Crippen LogP) is 2.59. The van der Waals surface area contributed by atoms with Gasteiger partial charge in [-0.25, -0.2) is 5.01 Å². The van der Waals surface area contributed by atoms with Crippen LogP contribution in [0.5, 0.6) is 11.5 Å². The predicted molar refractivity (Wildman–Crippen MR) is 105 cm³/mol. The molecule has 0 aromatic heterocycles. The lowest BCUT2D eigenvalue weighted by molar-refractivity contribution is -0.888. The van der Waals surface area contributed by atoms with Gasteiger partial charge in [0.05, 0.1) is 44.7 Å². The van der Waals surface area contributed by atoms with Gasteiger partial charge in [0.15, 0.2) is 0 Å². The zero-order chi connectivity index (χ0) is 18.6. The van der Waals surface area contributed by atoms with Crippen molar-refractivity contribution in [2.24, 2.45) is 5.10 Å². The van der Waals surface area contributed by atoms with Crippen molar-refractivity contribution in [3.63, 3.8) is 0 Å². The fourth-order valence-electron chi connectivity index (χ4n) is 4.51. The molecule has 0 saturated carbocycles. The SMILES string of the molecule is C[NH+]1CCC2(CC1)Oc1ccc(Cl)cc1[C@@H]1CC(c3cccc(O)c3)=NN12. The van der Waals surface area contributed by atoms with Crippen LogP contribution in [0, 0.1) is 0 Å². The molecule has 5 rings (SSSR count). The number of hydrazone groups is 1. The van der Waals surface area contributed by atoms with Crippen molar-refractivity contribution in [1.29, 1.82) is 0 Å². The van der Waals surface area contributed by atoms with Gasteiger partial charge < -0.3 is 14.7 Å². The largest absolute Gasteiger partial charge is 0.508 e. The normalized spacial score (nSPS) is 29.1. The van der Waals surface area contributed by atoms with Crippen LogP contribution in [0.25, 0.3) is 0 Å². The van der Waals surface area contributed by atoms with E-state index in [4.69, 9.17) is 21.4 Å². The van der Waals surface area contributed by atoms with Gasteiger partial charge in [0.1, 0.15) is 11.5 Å². The Morgan fingerprint density at radius 1 is 1.22 bits per heavy atom. The van der Waals surface area contributed by atoms with Crippen molar-refractivity contribution in [3.05, 3.63) is 58.6 Å². The molecule has 2 aromatic carbocycles. The van der Waals surface area contributed by atoms with Gasteiger partial charge in [-0.05, 0) is 30.3 Å². The number of nitrogens with one attached hydrogen (secondary N) is 1. The summed E-state index contributed by atoms with van der Waals surface area (Å²) in [4.78, 5) is 1.53. The Kier molecular flexibility index (Phi) is 3.85. The zero-order valence-electron chi connectivity index (χ0n) is 15.3. The Bertz CT molecular complexity index is 921. The molecule has 1 atom stereocenters. The highest BCUT2D eigenvalue weighted by Gasteiger charge is 2.52. The molecule has 0 bridgehead atoms. The van der Waals surface area contributed by atoms with Crippen molar-refractivity contribution in [1.82, 2.24) is 5.01 Å². The van der Waals surface area contributed by atoms with Crippen LogP contribution in [0.4, 0.5) is 0 Å². The van der Waals surface area contributed by atoms with E-state index in [0.29, 0.717) is 5.02 Å². The number of benzene rings is 2. The summed E-state index contributed by atoms with van der Waals surface area (Å²) in [5.74, 6) is 1.19. The Balaban J connectivity index is 1.60. The van der Waals surface area contributed by atoms with Gasteiger partial charge in [-0.1, -0.05) is 23.7 Å². The fourth-order valence-corrected chi connectivity index (χ4v) is 4.69. The highest BCUT2D eigenvalue weighted by molar-refractivity contribution is 6.30. The minimum absolute atomic E-state index is 0.114. The fraction of sp³-hybridized carbons (Fsp3) is 0.381. The maximum atomic E-state index is 9.88. The van der Waals surface area contributed by atoms with Gasteiger partial charge in [0.2, 0.25) is 5.72 Å². The van der Waals surface area contributed by atoms with Crippen LogP contribution in [-0.2, 0) is 0 Å². The van der Waals surface area contributed by atoms with Gasteiger partial charge in [-0.2, -0.15) is 5.10 Å². The molecule has 6 heteroatoms. The van der Waals surface area contributed by atoms with Crippen molar-refractivity contribution in [2.75, 3.05) is 20.1 Å². The topological polar surface area (TPSA) is 49.5 Å². The van der Waals surface area contributed by atoms with Crippen LogP contribution in [0.3, 0.4) is 0 Å². The smallest absolute Gasteiger partial charge is 0.208 e. The number of fused-ring (bicyclic) bond motifs is 4. The van der Waals surface area contributed by atoms with E-state index in [2.05, 4.69) is 12.1 Å². The number of phenolic OH excluding ortho intramolecular Hbond substituents is 1. The molecule has 3 aliphatic heterocycles. The Hall–Kier alpha value is -2.24. The summed E-state index contributed by atoms with van der Waals surface area (Å²) < 4.78 is 6.58. The lowest BCUT2D eigenvalue weighted by Crippen LogP contribution is -3.11. The van der Waals surface area contributed by atoms with Crippen LogP contribution in [0.2, 0.25) is 5.02 Å². The average molecular weight is 385 g/mol. The highest BCUT2D eigenvalue weighted by Crippen LogP contribution is 2.49. The third kappa shape index (κ3) is 2.77. The summed E-state index contributed by atoms with van der Waals surface area (Å²) in [6.07, 6.45) is 2.66. The van der Waals surface area contributed by atoms with E-state index in [1.165, 1.54) is 4.90 Å². The van der Waals surface area contributed by atoms with E-state index >= 15 is 0 Å². The molecule has 0 radical (unpaired) electrons. The first kappa shape index (κ1) is 16.9. The molecule has 2 N–H and O–H groups in total. The van der Waals surface area contributed by atoms with E-state index in [1.54, 1.807) is 12.1 Å². The van der Waals surface area contributed by atoms with E-state index in [0.717, 1.165) is 54.9 Å². The molecule has 1 fully saturated rings. The summed E-state index contributed by atoms with van der Waals surface area (Å²) in [5, 5.41) is 17.8. The second-order valence-corrected chi connectivity index (χ2v) is 8.29. The van der Waals surface area contributed by atoms with E-state index < -0.39 is 5.72 Å². The summed E-state index contributed by atoms with van der Waals surface area (Å²) in [6, 6.07) is 13.3. The number of ether oxygens (including phenoxy) is 1. The lowest BCUT2D eigenvalue weighted by atomic mass is 9.91. The lowest BCUT2D eigenvalue weighted by Gasteiger charge is -2.49. The molecule has 3 heterocycles. The second kappa shape index (κ2) is 6.14. The second-order valence-electron chi connectivity index (χ2n) is 7.85. The number of halogens is 1. The summed E-state index contributed by atoms with van der Waals surface area (Å²) in [5.41, 5.74) is 2.64. The van der Waals surface area contributed by atoms with Crippen LogP contribution >= 0.6 is 11.6 Å². The van der Waals surface area contributed by atoms with Gasteiger partial charge in [0, 0.05) is 22.6 Å². The molecule has 0 amide bonds. The number of hydrogen-bond acceptors (Lipinski definition) is 4. The molecule has 3 aliphatic rings. The summed E-state index contributed by atoms with van der Waals surface area (Å²) in [7, 11) is 2.23. The van der Waals surface area contributed by atoms with Crippen LogP contribution in [-0.4, -0.2) is 41.7 Å². The van der Waals surface area contributed by atoms with Crippen molar-refractivity contribution >= 4 is 17.3 Å². The molecule has 140 valence electrons. The summed E-state index contributed by atoms with van der Waals surface area (Å²) >= 11 is 6.29. The minimum atomic E-state index is -0.399. The Labute approximate surface area is 163 Å². The van der Waals surface area contributed by atoms with Crippen LogP contribution in [0.1, 0.15) is 36.4 Å². The first-order chi connectivity index (χ1) is 13.0. The van der Waals surface area contributed by atoms with Gasteiger partial charge in [-0.3, -0.25) is 0 Å². The first-order valence-corrected chi connectivity index (χ1v) is 9.88. The average Bonchev–Trinajstić information content (AvgIpc) is 3.12. The molecular formula is C21H23ClN3O2+. The molecule has 0 unspecified atom stereocenters. The third-order valence-electron chi connectivity index (χ3n) is 6.02. The maximum Gasteiger partial charge on any atom is 0.208 e. The Morgan fingerprint density at radius 2 is 2.04 bits per heavy atom. The molecule has 27 heavy (non-hydrogen) atoms.